The van der Waals surface area contributed by atoms with Crippen molar-refractivity contribution >= 4 is 0 Å². The normalized spacial score (nSPS) is 29.4. The molecule has 2 fully saturated rings. The summed E-state index contributed by atoms with van der Waals surface area (Å²) >= 11 is 0. The fourth-order valence-electron chi connectivity index (χ4n) is 3.85. The molecule has 0 saturated carbocycles. The third-order valence-corrected chi connectivity index (χ3v) is 5.00. The lowest BCUT2D eigenvalue weighted by Crippen LogP contribution is -2.46. The Hall–Kier alpha value is -1.91. The molecule has 2 bridgehead atoms. The molecule has 2 saturated heterocycles. The molecule has 2 aliphatic heterocycles. The van der Waals surface area contributed by atoms with Gasteiger partial charge >= 0.3 is 0 Å². The lowest BCUT2D eigenvalue weighted by molar-refractivity contribution is -0.0119. The largest absolute Gasteiger partial charge is 0.487 e. The van der Waals surface area contributed by atoms with E-state index < -0.39 is 5.60 Å². The maximum Gasteiger partial charge on any atom is 0.138 e. The first-order valence-corrected chi connectivity index (χ1v) is 8.32. The minimum absolute atomic E-state index is 0.424. The summed E-state index contributed by atoms with van der Waals surface area (Å²) in [4.78, 5) is 4.28. The van der Waals surface area contributed by atoms with Crippen molar-refractivity contribution in [2.24, 2.45) is 0 Å². The summed E-state index contributed by atoms with van der Waals surface area (Å²) in [5, 5.41) is 14.7. The molecule has 4 heteroatoms. The average Bonchev–Trinajstić information content (AvgIpc) is 2.93. The van der Waals surface area contributed by atoms with Crippen molar-refractivity contribution in [1.29, 1.82) is 0 Å². The standard InChI is InChI=1S/C19H22N2O2/c22-19(9-16-6-7-17(10-19)21-16)15-8-18(12-20-11-15)23-13-14-4-2-1-3-5-14/h1-5,8,11-12,16-17,21-22H,6-7,9-10,13H2. The second kappa shape index (κ2) is 5.95. The number of aliphatic hydroxyl groups is 1. The van der Waals surface area contributed by atoms with Crippen LogP contribution >= 0.6 is 0 Å². The Labute approximate surface area is 136 Å². The molecule has 0 amide bonds. The van der Waals surface area contributed by atoms with Crippen molar-refractivity contribution in [2.75, 3.05) is 0 Å². The van der Waals surface area contributed by atoms with Gasteiger partial charge in [0.2, 0.25) is 0 Å². The zero-order valence-corrected chi connectivity index (χ0v) is 13.1. The molecule has 4 nitrogen and oxygen atoms in total. The zero-order chi connectivity index (χ0) is 15.7. The van der Waals surface area contributed by atoms with Gasteiger partial charge in [0.1, 0.15) is 12.4 Å². The van der Waals surface area contributed by atoms with Gasteiger partial charge in [-0.05, 0) is 37.3 Å². The Bertz CT molecular complexity index is 662. The van der Waals surface area contributed by atoms with Crippen LogP contribution in [0.25, 0.3) is 0 Å². The molecule has 23 heavy (non-hydrogen) atoms. The third kappa shape index (κ3) is 3.09. The van der Waals surface area contributed by atoms with E-state index in [9.17, 15) is 5.11 Å². The molecule has 2 atom stereocenters. The first-order chi connectivity index (χ1) is 11.2. The SMILES string of the molecule is OC1(c2cncc(OCc3ccccc3)c2)CC2CCC(C1)N2. The van der Waals surface area contributed by atoms with E-state index in [1.54, 1.807) is 12.4 Å². The Morgan fingerprint density at radius 2 is 1.87 bits per heavy atom. The van der Waals surface area contributed by atoms with E-state index >= 15 is 0 Å². The number of nitrogens with one attached hydrogen (secondary N) is 1. The van der Waals surface area contributed by atoms with Crippen LogP contribution in [-0.4, -0.2) is 22.2 Å². The molecule has 1 aromatic heterocycles. The predicted octanol–water partition coefficient (Wildman–Crippen LogP) is 2.76. The van der Waals surface area contributed by atoms with Gasteiger partial charge in [-0.2, -0.15) is 0 Å². The van der Waals surface area contributed by atoms with Crippen LogP contribution in [0.5, 0.6) is 5.75 Å². The van der Waals surface area contributed by atoms with Crippen molar-refractivity contribution in [1.82, 2.24) is 10.3 Å². The molecule has 120 valence electrons. The van der Waals surface area contributed by atoms with E-state index in [1.165, 1.54) is 0 Å². The first kappa shape index (κ1) is 14.7. The molecule has 2 unspecified atom stereocenters. The number of fused-ring (bicyclic) bond motifs is 2. The number of hydrogen-bond acceptors (Lipinski definition) is 4. The first-order valence-electron chi connectivity index (χ1n) is 8.32. The highest BCUT2D eigenvalue weighted by Gasteiger charge is 2.43. The predicted molar refractivity (Wildman–Crippen MR) is 88.1 cm³/mol. The van der Waals surface area contributed by atoms with Crippen molar-refractivity contribution < 1.29 is 9.84 Å². The number of rotatable bonds is 4. The molecule has 2 aliphatic rings. The maximum absolute atomic E-state index is 11.1. The zero-order valence-electron chi connectivity index (χ0n) is 13.1. The smallest absolute Gasteiger partial charge is 0.138 e. The highest BCUT2D eigenvalue weighted by Crippen LogP contribution is 2.41. The monoisotopic (exact) mass is 310 g/mol. The van der Waals surface area contributed by atoms with Crippen LogP contribution in [-0.2, 0) is 12.2 Å². The summed E-state index contributed by atoms with van der Waals surface area (Å²) in [7, 11) is 0. The number of nitrogens with zero attached hydrogens (tertiary/aromatic N) is 1. The van der Waals surface area contributed by atoms with E-state index in [-0.39, 0.29) is 0 Å². The van der Waals surface area contributed by atoms with Crippen molar-refractivity contribution in [2.45, 2.75) is 50.0 Å². The second-order valence-electron chi connectivity index (χ2n) is 6.76. The molecule has 2 aromatic rings. The summed E-state index contributed by atoms with van der Waals surface area (Å²) in [6, 6.07) is 12.9. The van der Waals surface area contributed by atoms with E-state index in [0.717, 1.165) is 36.8 Å². The van der Waals surface area contributed by atoms with Crippen LogP contribution in [0.15, 0.2) is 48.8 Å². The van der Waals surface area contributed by atoms with Crippen LogP contribution < -0.4 is 10.1 Å². The summed E-state index contributed by atoms with van der Waals surface area (Å²) in [5.74, 6) is 0.714. The summed E-state index contributed by atoms with van der Waals surface area (Å²) < 4.78 is 5.85. The van der Waals surface area contributed by atoms with Gasteiger partial charge in [0.15, 0.2) is 0 Å². The number of ether oxygens (including phenoxy) is 1. The lowest BCUT2D eigenvalue weighted by atomic mass is 9.82. The van der Waals surface area contributed by atoms with Gasteiger partial charge in [-0.25, -0.2) is 0 Å². The Morgan fingerprint density at radius 1 is 1.13 bits per heavy atom. The van der Waals surface area contributed by atoms with Gasteiger partial charge in [0, 0.05) is 23.8 Å². The Balaban J connectivity index is 1.50. The molecule has 0 aliphatic carbocycles. The van der Waals surface area contributed by atoms with Crippen LogP contribution in [0.3, 0.4) is 0 Å². The fourth-order valence-corrected chi connectivity index (χ4v) is 3.85. The Kier molecular flexibility index (Phi) is 3.79. The number of pyridine rings is 1. The topological polar surface area (TPSA) is 54.4 Å². The Morgan fingerprint density at radius 3 is 2.61 bits per heavy atom. The van der Waals surface area contributed by atoms with E-state index in [0.29, 0.717) is 24.4 Å². The lowest BCUT2D eigenvalue weighted by Gasteiger charge is -2.37. The van der Waals surface area contributed by atoms with Gasteiger partial charge < -0.3 is 15.2 Å². The molecule has 3 heterocycles. The minimum atomic E-state index is -0.782. The molecule has 4 rings (SSSR count). The molecule has 0 radical (unpaired) electrons. The molecular formula is C19H22N2O2. The van der Waals surface area contributed by atoms with Crippen LogP contribution in [0.1, 0.15) is 36.8 Å². The van der Waals surface area contributed by atoms with Gasteiger partial charge in [0.25, 0.3) is 0 Å². The maximum atomic E-state index is 11.1. The van der Waals surface area contributed by atoms with Gasteiger partial charge in [-0.3, -0.25) is 4.98 Å². The number of hydrogen-bond donors (Lipinski definition) is 2. The number of aromatic nitrogens is 1. The van der Waals surface area contributed by atoms with E-state index in [4.69, 9.17) is 4.74 Å². The molecule has 2 N–H and O–H groups in total. The van der Waals surface area contributed by atoms with Crippen molar-refractivity contribution in [3.05, 3.63) is 59.9 Å². The highest BCUT2D eigenvalue weighted by molar-refractivity contribution is 5.30. The minimum Gasteiger partial charge on any atom is -0.487 e. The van der Waals surface area contributed by atoms with E-state index in [1.807, 2.05) is 36.4 Å². The van der Waals surface area contributed by atoms with Crippen LogP contribution in [0, 0.1) is 0 Å². The highest BCUT2D eigenvalue weighted by atomic mass is 16.5. The van der Waals surface area contributed by atoms with Gasteiger partial charge in [-0.15, -0.1) is 0 Å². The van der Waals surface area contributed by atoms with E-state index in [2.05, 4.69) is 10.3 Å². The molecule has 0 spiro atoms. The summed E-state index contributed by atoms with van der Waals surface area (Å²) in [5.41, 5.74) is 1.22. The van der Waals surface area contributed by atoms with Gasteiger partial charge in [0.05, 0.1) is 11.8 Å². The van der Waals surface area contributed by atoms with Crippen LogP contribution in [0.4, 0.5) is 0 Å². The van der Waals surface area contributed by atoms with Crippen molar-refractivity contribution in [3.63, 3.8) is 0 Å². The summed E-state index contributed by atoms with van der Waals surface area (Å²) in [6.45, 7) is 0.511. The van der Waals surface area contributed by atoms with Crippen molar-refractivity contribution in [3.8, 4) is 5.75 Å². The fraction of sp³-hybridized carbons (Fsp3) is 0.421. The second-order valence-corrected chi connectivity index (χ2v) is 6.76. The number of benzene rings is 1. The summed E-state index contributed by atoms with van der Waals surface area (Å²) in [6.07, 6.45) is 7.32. The van der Waals surface area contributed by atoms with Crippen LogP contribution in [0.2, 0.25) is 0 Å². The average molecular weight is 310 g/mol. The molecule has 1 aromatic carbocycles. The van der Waals surface area contributed by atoms with Gasteiger partial charge in [-0.1, -0.05) is 30.3 Å². The third-order valence-electron chi connectivity index (χ3n) is 5.00. The quantitative estimate of drug-likeness (QED) is 0.912. The molecular weight excluding hydrogens is 288 g/mol. The number of piperidine rings is 1.